The summed E-state index contributed by atoms with van der Waals surface area (Å²) >= 11 is 3.41. The minimum Gasteiger partial charge on any atom is -0.464 e. The molecule has 4 rings (SSSR count). The molecule has 35 heavy (non-hydrogen) atoms. The Balaban J connectivity index is 1.50. The standard InChI is InChI=1S/C27H30BrN3O4/c1-20-9-14-25(35-20)18-30(16-21-6-3-2-4-7-21)26(32)19-31(17-24-8-5-15-34-24)27(33)29-23-12-10-22(28)11-13-23/h2-4,6-7,9-14,24H,5,8,15-19H2,1H3,(H,29,33). The second-order valence-electron chi connectivity index (χ2n) is 8.70. The molecule has 1 aliphatic heterocycles. The van der Waals surface area contributed by atoms with E-state index in [0.717, 1.165) is 28.6 Å². The van der Waals surface area contributed by atoms with Gasteiger partial charge in [0.2, 0.25) is 5.91 Å². The molecule has 0 bridgehead atoms. The van der Waals surface area contributed by atoms with Crippen LogP contribution in [0.5, 0.6) is 0 Å². The van der Waals surface area contributed by atoms with Crippen LogP contribution in [0.1, 0.15) is 29.9 Å². The van der Waals surface area contributed by atoms with Crippen molar-refractivity contribution in [2.45, 2.75) is 39.0 Å². The van der Waals surface area contributed by atoms with Crippen molar-refractivity contribution in [3.8, 4) is 0 Å². The number of carbonyl (C=O) groups excluding carboxylic acids is 2. The van der Waals surface area contributed by atoms with E-state index in [9.17, 15) is 9.59 Å². The molecular formula is C27H30BrN3O4. The zero-order valence-electron chi connectivity index (χ0n) is 19.8. The highest BCUT2D eigenvalue weighted by Crippen LogP contribution is 2.18. The minimum atomic E-state index is -0.329. The summed E-state index contributed by atoms with van der Waals surface area (Å²) in [6.45, 7) is 3.59. The van der Waals surface area contributed by atoms with Crippen molar-refractivity contribution >= 4 is 33.6 Å². The number of nitrogens with one attached hydrogen (secondary N) is 1. The van der Waals surface area contributed by atoms with Gasteiger partial charge in [-0.15, -0.1) is 0 Å². The van der Waals surface area contributed by atoms with Gasteiger partial charge in [0.1, 0.15) is 18.1 Å². The van der Waals surface area contributed by atoms with Crippen LogP contribution in [-0.2, 0) is 22.6 Å². The summed E-state index contributed by atoms with van der Waals surface area (Å²) in [6.07, 6.45) is 1.75. The van der Waals surface area contributed by atoms with Crippen LogP contribution in [0.15, 0.2) is 75.6 Å². The Hall–Kier alpha value is -3.10. The van der Waals surface area contributed by atoms with Gasteiger partial charge >= 0.3 is 6.03 Å². The van der Waals surface area contributed by atoms with E-state index in [2.05, 4.69) is 21.2 Å². The Morgan fingerprint density at radius 2 is 1.77 bits per heavy atom. The van der Waals surface area contributed by atoms with Crippen LogP contribution in [0.2, 0.25) is 0 Å². The number of benzene rings is 2. The highest BCUT2D eigenvalue weighted by Gasteiger charge is 2.27. The lowest BCUT2D eigenvalue weighted by Gasteiger charge is -2.29. The monoisotopic (exact) mass is 539 g/mol. The second kappa shape index (κ2) is 12.0. The van der Waals surface area contributed by atoms with Crippen LogP contribution in [0.25, 0.3) is 0 Å². The molecular weight excluding hydrogens is 510 g/mol. The van der Waals surface area contributed by atoms with Gasteiger partial charge in [0, 0.05) is 29.9 Å². The van der Waals surface area contributed by atoms with E-state index in [-0.39, 0.29) is 24.6 Å². The highest BCUT2D eigenvalue weighted by molar-refractivity contribution is 9.10. The van der Waals surface area contributed by atoms with Gasteiger partial charge in [-0.2, -0.15) is 0 Å². The van der Waals surface area contributed by atoms with Gasteiger partial charge in [0.05, 0.1) is 12.6 Å². The van der Waals surface area contributed by atoms with E-state index in [1.165, 1.54) is 0 Å². The Morgan fingerprint density at radius 1 is 1.00 bits per heavy atom. The molecule has 184 valence electrons. The molecule has 1 N–H and O–H groups in total. The summed E-state index contributed by atoms with van der Waals surface area (Å²) in [5.74, 6) is 1.34. The first-order valence-corrected chi connectivity index (χ1v) is 12.6. The maximum Gasteiger partial charge on any atom is 0.322 e. The number of ether oxygens (including phenoxy) is 1. The van der Waals surface area contributed by atoms with Gasteiger partial charge in [-0.25, -0.2) is 4.79 Å². The Kier molecular flexibility index (Phi) is 8.60. The van der Waals surface area contributed by atoms with E-state index in [4.69, 9.17) is 9.15 Å². The third kappa shape index (κ3) is 7.44. The maximum atomic E-state index is 13.6. The van der Waals surface area contributed by atoms with E-state index in [1.807, 2.05) is 73.7 Å². The van der Waals surface area contributed by atoms with Crippen LogP contribution < -0.4 is 5.32 Å². The van der Waals surface area contributed by atoms with Gasteiger partial charge in [0.25, 0.3) is 0 Å². The normalized spacial score (nSPS) is 15.1. The summed E-state index contributed by atoms with van der Waals surface area (Å²) in [4.78, 5) is 30.1. The number of anilines is 1. The van der Waals surface area contributed by atoms with Crippen molar-refractivity contribution in [2.24, 2.45) is 0 Å². The molecule has 0 aliphatic carbocycles. The molecule has 0 spiro atoms. The van der Waals surface area contributed by atoms with Crippen molar-refractivity contribution in [3.05, 3.63) is 88.3 Å². The number of urea groups is 1. The molecule has 1 aliphatic rings. The summed E-state index contributed by atoms with van der Waals surface area (Å²) in [5.41, 5.74) is 1.67. The summed E-state index contributed by atoms with van der Waals surface area (Å²) in [5, 5.41) is 2.91. The van der Waals surface area contributed by atoms with E-state index in [0.29, 0.717) is 37.7 Å². The number of amides is 3. The van der Waals surface area contributed by atoms with Gasteiger partial charge in [-0.05, 0) is 61.7 Å². The SMILES string of the molecule is Cc1ccc(CN(Cc2ccccc2)C(=O)CN(CC2CCCO2)C(=O)Nc2ccc(Br)cc2)o1. The fraction of sp³-hybridized carbons (Fsp3) is 0.333. The Morgan fingerprint density at radius 3 is 2.43 bits per heavy atom. The molecule has 1 fully saturated rings. The summed E-state index contributed by atoms with van der Waals surface area (Å²) < 4.78 is 12.4. The largest absolute Gasteiger partial charge is 0.464 e. The first kappa shape index (κ1) is 25.0. The molecule has 8 heteroatoms. The van der Waals surface area contributed by atoms with Crippen LogP contribution in [0, 0.1) is 6.92 Å². The third-order valence-electron chi connectivity index (χ3n) is 5.87. The Bertz CT molecular complexity index is 1110. The molecule has 1 atom stereocenters. The van der Waals surface area contributed by atoms with E-state index < -0.39 is 0 Å². The van der Waals surface area contributed by atoms with E-state index in [1.54, 1.807) is 9.80 Å². The van der Waals surface area contributed by atoms with E-state index >= 15 is 0 Å². The summed E-state index contributed by atoms with van der Waals surface area (Å²) in [7, 11) is 0. The number of hydrogen-bond donors (Lipinski definition) is 1. The second-order valence-corrected chi connectivity index (χ2v) is 9.62. The smallest absolute Gasteiger partial charge is 0.322 e. The molecule has 3 amide bonds. The number of hydrogen-bond acceptors (Lipinski definition) is 4. The molecule has 2 heterocycles. The van der Waals surface area contributed by atoms with Gasteiger partial charge < -0.3 is 24.3 Å². The number of halogens is 1. The fourth-order valence-electron chi connectivity index (χ4n) is 4.05. The van der Waals surface area contributed by atoms with Gasteiger partial charge in [0.15, 0.2) is 0 Å². The molecule has 0 radical (unpaired) electrons. The van der Waals surface area contributed by atoms with Crippen LogP contribution >= 0.6 is 15.9 Å². The van der Waals surface area contributed by atoms with Crippen molar-refractivity contribution in [1.29, 1.82) is 0 Å². The molecule has 1 unspecified atom stereocenters. The Labute approximate surface area is 214 Å². The number of aryl methyl sites for hydroxylation is 1. The number of nitrogens with zero attached hydrogens (tertiary/aromatic N) is 2. The van der Waals surface area contributed by atoms with Crippen molar-refractivity contribution in [1.82, 2.24) is 9.80 Å². The highest BCUT2D eigenvalue weighted by atomic mass is 79.9. The fourth-order valence-corrected chi connectivity index (χ4v) is 4.31. The predicted molar refractivity (Wildman–Crippen MR) is 138 cm³/mol. The first-order chi connectivity index (χ1) is 17.0. The maximum absolute atomic E-state index is 13.6. The molecule has 2 aromatic carbocycles. The lowest BCUT2D eigenvalue weighted by molar-refractivity contribution is -0.133. The lowest BCUT2D eigenvalue weighted by atomic mass is 10.2. The zero-order valence-corrected chi connectivity index (χ0v) is 21.4. The summed E-state index contributed by atoms with van der Waals surface area (Å²) in [6, 6.07) is 20.6. The molecule has 1 aromatic heterocycles. The average molecular weight is 540 g/mol. The van der Waals surface area contributed by atoms with Gasteiger partial charge in [-0.3, -0.25) is 4.79 Å². The van der Waals surface area contributed by atoms with Gasteiger partial charge in [-0.1, -0.05) is 46.3 Å². The molecule has 1 saturated heterocycles. The number of carbonyl (C=O) groups is 2. The van der Waals surface area contributed by atoms with Crippen molar-refractivity contribution in [3.63, 3.8) is 0 Å². The third-order valence-corrected chi connectivity index (χ3v) is 6.40. The van der Waals surface area contributed by atoms with Crippen molar-refractivity contribution in [2.75, 3.05) is 25.0 Å². The molecule has 3 aromatic rings. The first-order valence-electron chi connectivity index (χ1n) is 11.8. The lowest BCUT2D eigenvalue weighted by Crippen LogP contribution is -2.46. The quantitative estimate of drug-likeness (QED) is 0.384. The number of rotatable bonds is 9. The number of furan rings is 1. The predicted octanol–water partition coefficient (Wildman–Crippen LogP) is 5.59. The van der Waals surface area contributed by atoms with Crippen molar-refractivity contribution < 1.29 is 18.7 Å². The van der Waals surface area contributed by atoms with Crippen LogP contribution in [-0.4, -0.2) is 47.5 Å². The minimum absolute atomic E-state index is 0.0608. The van der Waals surface area contributed by atoms with Crippen LogP contribution in [0.4, 0.5) is 10.5 Å². The molecule has 7 nitrogen and oxygen atoms in total. The topological polar surface area (TPSA) is 75.0 Å². The average Bonchev–Trinajstić information content (AvgIpc) is 3.52. The zero-order chi connectivity index (χ0) is 24.6. The van der Waals surface area contributed by atoms with Crippen LogP contribution in [0.3, 0.4) is 0 Å². The molecule has 0 saturated carbocycles.